The number of furan rings is 1. The van der Waals surface area contributed by atoms with Crippen LogP contribution in [0.15, 0.2) is 34.7 Å². The van der Waals surface area contributed by atoms with Crippen molar-refractivity contribution in [1.82, 2.24) is 10.2 Å². The SMILES string of the molecule is c1ccc2oc(CN3CCC4CNCC4C3)cc2c1. The highest BCUT2D eigenvalue weighted by molar-refractivity contribution is 5.77. The van der Waals surface area contributed by atoms with Gasteiger partial charge >= 0.3 is 0 Å². The minimum absolute atomic E-state index is 0.845. The fourth-order valence-electron chi connectivity index (χ4n) is 3.59. The van der Waals surface area contributed by atoms with E-state index in [-0.39, 0.29) is 0 Å². The van der Waals surface area contributed by atoms with Crippen molar-refractivity contribution in [3.63, 3.8) is 0 Å². The molecule has 1 aromatic carbocycles. The molecule has 2 unspecified atom stereocenters. The molecule has 2 aliphatic rings. The Morgan fingerprint density at radius 1 is 1.21 bits per heavy atom. The fraction of sp³-hybridized carbons (Fsp3) is 0.500. The lowest BCUT2D eigenvalue weighted by Crippen LogP contribution is -2.39. The number of piperidine rings is 1. The van der Waals surface area contributed by atoms with Crippen LogP contribution in [0.3, 0.4) is 0 Å². The second-order valence-corrected chi connectivity index (χ2v) is 5.95. The summed E-state index contributed by atoms with van der Waals surface area (Å²) in [6.45, 7) is 5.80. The zero-order valence-electron chi connectivity index (χ0n) is 11.1. The number of hydrogen-bond donors (Lipinski definition) is 1. The average Bonchev–Trinajstić information content (AvgIpc) is 3.03. The van der Waals surface area contributed by atoms with Gasteiger partial charge in [-0.15, -0.1) is 0 Å². The topological polar surface area (TPSA) is 28.4 Å². The summed E-state index contributed by atoms with van der Waals surface area (Å²) in [5.41, 5.74) is 1.01. The molecule has 2 aliphatic heterocycles. The average molecular weight is 256 g/mol. The molecule has 0 radical (unpaired) electrons. The molecule has 0 aliphatic carbocycles. The van der Waals surface area contributed by atoms with Gasteiger partial charge in [-0.05, 0) is 50.0 Å². The van der Waals surface area contributed by atoms with E-state index in [1.807, 2.05) is 12.1 Å². The standard InChI is InChI=1S/C16H20N2O/c1-2-4-16-12(3-1)7-15(19-16)11-18-6-5-13-8-17-9-14(13)10-18/h1-4,7,13-14,17H,5-6,8-11H2. The van der Waals surface area contributed by atoms with E-state index in [4.69, 9.17) is 4.42 Å². The molecule has 0 bridgehead atoms. The quantitative estimate of drug-likeness (QED) is 0.894. The summed E-state index contributed by atoms with van der Waals surface area (Å²) in [7, 11) is 0. The summed E-state index contributed by atoms with van der Waals surface area (Å²) in [6, 6.07) is 10.5. The van der Waals surface area contributed by atoms with Gasteiger partial charge in [0.1, 0.15) is 11.3 Å². The van der Waals surface area contributed by atoms with Gasteiger partial charge in [-0.1, -0.05) is 18.2 Å². The smallest absolute Gasteiger partial charge is 0.134 e. The lowest BCUT2D eigenvalue weighted by Gasteiger charge is -2.33. The molecular formula is C16H20N2O. The van der Waals surface area contributed by atoms with Crippen LogP contribution < -0.4 is 5.32 Å². The van der Waals surface area contributed by atoms with Crippen LogP contribution in [0.5, 0.6) is 0 Å². The highest BCUT2D eigenvalue weighted by Gasteiger charge is 2.32. The first-order valence-electron chi connectivity index (χ1n) is 7.29. The Balaban J connectivity index is 1.48. The largest absolute Gasteiger partial charge is 0.460 e. The van der Waals surface area contributed by atoms with Crippen LogP contribution in [0.2, 0.25) is 0 Å². The van der Waals surface area contributed by atoms with Crippen molar-refractivity contribution < 1.29 is 4.42 Å². The van der Waals surface area contributed by atoms with Crippen LogP contribution in [0.25, 0.3) is 11.0 Å². The predicted molar refractivity (Wildman–Crippen MR) is 76.0 cm³/mol. The molecular weight excluding hydrogens is 236 g/mol. The Labute approximate surface area is 113 Å². The van der Waals surface area contributed by atoms with Crippen LogP contribution >= 0.6 is 0 Å². The molecule has 3 nitrogen and oxygen atoms in total. The maximum atomic E-state index is 5.92. The minimum atomic E-state index is 0.845. The normalized spacial score (nSPS) is 27.8. The highest BCUT2D eigenvalue weighted by atomic mass is 16.3. The summed E-state index contributed by atoms with van der Waals surface area (Å²) in [4.78, 5) is 2.55. The van der Waals surface area contributed by atoms with Crippen LogP contribution in [0, 0.1) is 11.8 Å². The van der Waals surface area contributed by atoms with Crippen LogP contribution in [0.4, 0.5) is 0 Å². The van der Waals surface area contributed by atoms with Crippen molar-refractivity contribution in [1.29, 1.82) is 0 Å². The van der Waals surface area contributed by atoms with E-state index in [0.717, 1.165) is 29.7 Å². The van der Waals surface area contributed by atoms with Crippen LogP contribution in [0.1, 0.15) is 12.2 Å². The third-order valence-electron chi connectivity index (χ3n) is 4.64. The number of rotatable bonds is 2. The Morgan fingerprint density at radius 3 is 3.05 bits per heavy atom. The molecule has 0 amide bonds. The number of fused-ring (bicyclic) bond motifs is 2. The molecule has 0 spiro atoms. The second-order valence-electron chi connectivity index (χ2n) is 5.95. The molecule has 0 saturated carbocycles. The molecule has 19 heavy (non-hydrogen) atoms. The van der Waals surface area contributed by atoms with Gasteiger partial charge in [-0.25, -0.2) is 0 Å². The third kappa shape index (κ3) is 2.17. The maximum Gasteiger partial charge on any atom is 0.134 e. The first kappa shape index (κ1) is 11.5. The molecule has 2 atom stereocenters. The Morgan fingerprint density at radius 2 is 2.11 bits per heavy atom. The number of para-hydroxylation sites is 1. The van der Waals surface area contributed by atoms with Gasteiger partial charge in [0, 0.05) is 11.9 Å². The van der Waals surface area contributed by atoms with Gasteiger partial charge in [-0.3, -0.25) is 4.90 Å². The number of nitrogens with zero attached hydrogens (tertiary/aromatic N) is 1. The summed E-state index contributed by atoms with van der Waals surface area (Å²) < 4.78 is 5.92. The van der Waals surface area contributed by atoms with Crippen molar-refractivity contribution in [3.05, 3.63) is 36.1 Å². The van der Waals surface area contributed by atoms with E-state index in [1.165, 1.54) is 38.0 Å². The summed E-state index contributed by atoms with van der Waals surface area (Å²) in [5.74, 6) is 2.86. The third-order valence-corrected chi connectivity index (χ3v) is 4.64. The van der Waals surface area contributed by atoms with Gasteiger partial charge in [0.05, 0.1) is 6.54 Å². The molecule has 2 aromatic rings. The Kier molecular flexibility index (Phi) is 2.82. The van der Waals surface area contributed by atoms with Gasteiger partial charge in [0.2, 0.25) is 0 Å². The summed E-state index contributed by atoms with van der Waals surface area (Å²) in [6.07, 6.45) is 1.33. The van der Waals surface area contributed by atoms with Gasteiger partial charge < -0.3 is 9.73 Å². The van der Waals surface area contributed by atoms with Gasteiger partial charge in [-0.2, -0.15) is 0 Å². The molecule has 2 saturated heterocycles. The van der Waals surface area contributed by atoms with E-state index >= 15 is 0 Å². The van der Waals surface area contributed by atoms with E-state index in [0.29, 0.717) is 0 Å². The maximum absolute atomic E-state index is 5.92. The van der Waals surface area contributed by atoms with E-state index in [1.54, 1.807) is 0 Å². The summed E-state index contributed by atoms with van der Waals surface area (Å²) >= 11 is 0. The van der Waals surface area contributed by atoms with Crippen LogP contribution in [-0.4, -0.2) is 31.1 Å². The monoisotopic (exact) mass is 256 g/mol. The number of hydrogen-bond acceptors (Lipinski definition) is 3. The van der Waals surface area contributed by atoms with Crippen molar-refractivity contribution in [3.8, 4) is 0 Å². The molecule has 4 rings (SSSR count). The lowest BCUT2D eigenvalue weighted by atomic mass is 9.89. The number of likely N-dealkylation sites (tertiary alicyclic amines) is 1. The summed E-state index contributed by atoms with van der Waals surface area (Å²) in [5, 5.41) is 4.74. The van der Waals surface area contributed by atoms with E-state index < -0.39 is 0 Å². The van der Waals surface area contributed by atoms with Crippen molar-refractivity contribution in [2.45, 2.75) is 13.0 Å². The minimum Gasteiger partial charge on any atom is -0.460 e. The zero-order chi connectivity index (χ0) is 12.7. The molecule has 1 N–H and O–H groups in total. The molecule has 3 heterocycles. The molecule has 3 heteroatoms. The Hall–Kier alpha value is -1.32. The molecule has 2 fully saturated rings. The molecule has 100 valence electrons. The molecule has 1 aromatic heterocycles. The van der Waals surface area contributed by atoms with Crippen LogP contribution in [-0.2, 0) is 6.54 Å². The van der Waals surface area contributed by atoms with Crippen molar-refractivity contribution in [2.24, 2.45) is 11.8 Å². The number of nitrogens with one attached hydrogen (secondary N) is 1. The Bertz CT molecular complexity index is 544. The van der Waals surface area contributed by atoms with Crippen molar-refractivity contribution >= 4 is 11.0 Å². The van der Waals surface area contributed by atoms with Gasteiger partial charge in [0.15, 0.2) is 0 Å². The fourth-order valence-corrected chi connectivity index (χ4v) is 3.59. The van der Waals surface area contributed by atoms with Crippen molar-refractivity contribution in [2.75, 3.05) is 26.2 Å². The lowest BCUT2D eigenvalue weighted by molar-refractivity contribution is 0.134. The number of benzene rings is 1. The van der Waals surface area contributed by atoms with Gasteiger partial charge in [0.25, 0.3) is 0 Å². The highest BCUT2D eigenvalue weighted by Crippen LogP contribution is 2.28. The van der Waals surface area contributed by atoms with E-state index in [9.17, 15) is 0 Å². The second kappa shape index (κ2) is 4.66. The first-order chi connectivity index (χ1) is 9.38. The van der Waals surface area contributed by atoms with E-state index in [2.05, 4.69) is 28.4 Å². The first-order valence-corrected chi connectivity index (χ1v) is 7.29. The zero-order valence-corrected chi connectivity index (χ0v) is 11.1. The predicted octanol–water partition coefficient (Wildman–Crippen LogP) is 2.47.